The van der Waals surface area contributed by atoms with E-state index in [0.29, 0.717) is 0 Å². The number of pyridine rings is 1. The van der Waals surface area contributed by atoms with Gasteiger partial charge in [-0.1, -0.05) is 6.07 Å². The van der Waals surface area contributed by atoms with Crippen molar-refractivity contribution < 1.29 is 0 Å². The van der Waals surface area contributed by atoms with E-state index in [9.17, 15) is 0 Å². The predicted octanol–water partition coefficient (Wildman–Crippen LogP) is 2.11. The summed E-state index contributed by atoms with van der Waals surface area (Å²) in [6.45, 7) is 5.84. The molecule has 0 radical (unpaired) electrons. The van der Waals surface area contributed by atoms with Crippen LogP contribution in [0.4, 0.5) is 0 Å². The number of aliphatic imine (C=N–C) groups is 1. The average molecular weight is 317 g/mol. The lowest BCUT2D eigenvalue weighted by Gasteiger charge is -2.11. The van der Waals surface area contributed by atoms with E-state index >= 15 is 0 Å². The fraction of sp³-hybridized carbons (Fsp3) is 0.438. The third-order valence-corrected chi connectivity index (χ3v) is 4.49. The summed E-state index contributed by atoms with van der Waals surface area (Å²) in [7, 11) is 1.79. The van der Waals surface area contributed by atoms with Crippen LogP contribution in [0.25, 0.3) is 0 Å². The Morgan fingerprint density at radius 2 is 2.00 bits per heavy atom. The summed E-state index contributed by atoms with van der Waals surface area (Å²) in [4.78, 5) is 14.2. The summed E-state index contributed by atoms with van der Waals surface area (Å²) in [5.41, 5.74) is 2.36. The van der Waals surface area contributed by atoms with Gasteiger partial charge in [0.2, 0.25) is 0 Å². The molecule has 0 unspecified atom stereocenters. The second-order valence-corrected chi connectivity index (χ2v) is 6.32. The molecular weight excluding hydrogens is 294 g/mol. The minimum absolute atomic E-state index is 0.828. The zero-order valence-corrected chi connectivity index (χ0v) is 14.2. The standard InChI is InChI=1S/C16H23N5S/c1-12-13(2)22-15(21-12)7-10-20-16(17-3)19-9-6-14-5-4-8-18-11-14/h4-5,8,11H,6-7,9-10H2,1-3H3,(H2,17,19,20). The fourth-order valence-electron chi connectivity index (χ4n) is 2.03. The van der Waals surface area contributed by atoms with Crippen LogP contribution in [-0.2, 0) is 12.8 Å². The summed E-state index contributed by atoms with van der Waals surface area (Å²) >= 11 is 1.77. The topological polar surface area (TPSA) is 62.2 Å². The number of thiazole rings is 1. The fourth-order valence-corrected chi connectivity index (χ4v) is 2.96. The number of hydrogen-bond acceptors (Lipinski definition) is 4. The number of hydrogen-bond donors (Lipinski definition) is 2. The number of nitrogens with one attached hydrogen (secondary N) is 2. The van der Waals surface area contributed by atoms with Gasteiger partial charge < -0.3 is 10.6 Å². The van der Waals surface area contributed by atoms with Gasteiger partial charge in [0.25, 0.3) is 0 Å². The highest BCUT2D eigenvalue weighted by atomic mass is 32.1. The Hall–Kier alpha value is -1.95. The van der Waals surface area contributed by atoms with Crippen LogP contribution in [0.5, 0.6) is 0 Å². The van der Waals surface area contributed by atoms with Crippen LogP contribution in [0.15, 0.2) is 29.5 Å². The summed E-state index contributed by atoms with van der Waals surface area (Å²) in [6.07, 6.45) is 5.53. The molecular formula is C16H23N5S. The number of aromatic nitrogens is 2. The Kier molecular flexibility index (Phi) is 6.33. The van der Waals surface area contributed by atoms with Gasteiger partial charge in [-0.05, 0) is 31.9 Å². The van der Waals surface area contributed by atoms with Crippen molar-refractivity contribution in [2.45, 2.75) is 26.7 Å². The van der Waals surface area contributed by atoms with Crippen LogP contribution >= 0.6 is 11.3 Å². The first-order valence-electron chi connectivity index (χ1n) is 7.45. The molecule has 0 aliphatic heterocycles. The Morgan fingerprint density at radius 1 is 1.23 bits per heavy atom. The molecule has 0 atom stereocenters. The number of guanidine groups is 1. The van der Waals surface area contributed by atoms with E-state index in [1.165, 1.54) is 15.4 Å². The van der Waals surface area contributed by atoms with Crippen molar-refractivity contribution >= 4 is 17.3 Å². The van der Waals surface area contributed by atoms with E-state index in [1.807, 2.05) is 12.3 Å². The van der Waals surface area contributed by atoms with E-state index in [2.05, 4.69) is 45.5 Å². The molecule has 0 spiro atoms. The molecule has 0 saturated heterocycles. The molecule has 0 amide bonds. The first-order valence-corrected chi connectivity index (χ1v) is 8.27. The van der Waals surface area contributed by atoms with E-state index in [-0.39, 0.29) is 0 Å². The Labute approximate surface area is 135 Å². The van der Waals surface area contributed by atoms with Crippen LogP contribution in [0.2, 0.25) is 0 Å². The zero-order chi connectivity index (χ0) is 15.8. The van der Waals surface area contributed by atoms with Gasteiger partial charge in [0.05, 0.1) is 10.7 Å². The first-order chi connectivity index (χ1) is 10.7. The predicted molar refractivity (Wildman–Crippen MR) is 92.6 cm³/mol. The Balaban J connectivity index is 1.69. The third-order valence-electron chi connectivity index (χ3n) is 3.36. The molecule has 5 nitrogen and oxygen atoms in total. The number of rotatable bonds is 6. The van der Waals surface area contributed by atoms with E-state index in [0.717, 1.165) is 37.6 Å². The van der Waals surface area contributed by atoms with Gasteiger partial charge in [-0.3, -0.25) is 9.98 Å². The van der Waals surface area contributed by atoms with Gasteiger partial charge >= 0.3 is 0 Å². The van der Waals surface area contributed by atoms with Crippen molar-refractivity contribution in [1.82, 2.24) is 20.6 Å². The maximum absolute atomic E-state index is 4.55. The SMILES string of the molecule is CN=C(NCCc1cccnc1)NCCc1nc(C)c(C)s1. The van der Waals surface area contributed by atoms with Gasteiger partial charge in [-0.25, -0.2) is 4.98 Å². The molecule has 2 heterocycles. The lowest BCUT2D eigenvalue weighted by molar-refractivity contribution is 0.780. The van der Waals surface area contributed by atoms with Crippen molar-refractivity contribution in [2.75, 3.05) is 20.1 Å². The highest BCUT2D eigenvalue weighted by Crippen LogP contribution is 2.16. The van der Waals surface area contributed by atoms with Crippen LogP contribution in [-0.4, -0.2) is 36.1 Å². The first kappa shape index (κ1) is 16.4. The van der Waals surface area contributed by atoms with Crippen molar-refractivity contribution in [3.8, 4) is 0 Å². The van der Waals surface area contributed by atoms with Crippen molar-refractivity contribution in [2.24, 2.45) is 4.99 Å². The quantitative estimate of drug-likeness (QED) is 0.633. The average Bonchev–Trinajstić information content (AvgIpc) is 2.85. The summed E-state index contributed by atoms with van der Waals surface area (Å²) < 4.78 is 0. The second kappa shape index (κ2) is 8.48. The van der Waals surface area contributed by atoms with Crippen LogP contribution in [0.3, 0.4) is 0 Å². The molecule has 0 fully saturated rings. The van der Waals surface area contributed by atoms with Crippen molar-refractivity contribution in [3.05, 3.63) is 45.7 Å². The Morgan fingerprint density at radius 3 is 2.59 bits per heavy atom. The van der Waals surface area contributed by atoms with E-state index < -0.39 is 0 Å². The van der Waals surface area contributed by atoms with Crippen LogP contribution < -0.4 is 10.6 Å². The smallest absolute Gasteiger partial charge is 0.191 e. The lowest BCUT2D eigenvalue weighted by atomic mass is 10.2. The largest absolute Gasteiger partial charge is 0.356 e. The molecule has 2 N–H and O–H groups in total. The molecule has 0 bridgehead atoms. The van der Waals surface area contributed by atoms with Crippen molar-refractivity contribution in [3.63, 3.8) is 0 Å². The highest BCUT2D eigenvalue weighted by molar-refractivity contribution is 7.11. The van der Waals surface area contributed by atoms with Gasteiger partial charge in [-0.2, -0.15) is 0 Å². The molecule has 2 aromatic rings. The molecule has 22 heavy (non-hydrogen) atoms. The minimum Gasteiger partial charge on any atom is -0.356 e. The van der Waals surface area contributed by atoms with Crippen molar-refractivity contribution in [1.29, 1.82) is 0 Å². The van der Waals surface area contributed by atoms with Gasteiger partial charge in [-0.15, -0.1) is 11.3 Å². The normalized spacial score (nSPS) is 11.5. The third kappa shape index (κ3) is 5.11. The molecule has 2 rings (SSSR count). The van der Waals surface area contributed by atoms with Gasteiger partial charge in [0.15, 0.2) is 5.96 Å². The Bertz CT molecular complexity index is 587. The molecule has 0 aliphatic carbocycles. The second-order valence-electron chi connectivity index (χ2n) is 5.04. The molecule has 6 heteroatoms. The molecule has 0 aliphatic rings. The highest BCUT2D eigenvalue weighted by Gasteiger charge is 2.04. The number of aryl methyl sites for hydroxylation is 2. The van der Waals surface area contributed by atoms with Gasteiger partial charge in [0, 0.05) is 43.8 Å². The maximum atomic E-state index is 4.55. The lowest BCUT2D eigenvalue weighted by Crippen LogP contribution is -2.39. The molecule has 118 valence electrons. The van der Waals surface area contributed by atoms with Crippen LogP contribution in [0.1, 0.15) is 21.1 Å². The van der Waals surface area contributed by atoms with Crippen LogP contribution in [0, 0.1) is 13.8 Å². The molecule has 2 aromatic heterocycles. The molecule has 0 saturated carbocycles. The van der Waals surface area contributed by atoms with E-state index in [1.54, 1.807) is 24.6 Å². The van der Waals surface area contributed by atoms with Gasteiger partial charge in [0.1, 0.15) is 0 Å². The number of nitrogens with zero attached hydrogens (tertiary/aromatic N) is 3. The summed E-state index contributed by atoms with van der Waals surface area (Å²) in [5.74, 6) is 0.828. The monoisotopic (exact) mass is 317 g/mol. The summed E-state index contributed by atoms with van der Waals surface area (Å²) in [6, 6.07) is 4.04. The summed E-state index contributed by atoms with van der Waals surface area (Å²) in [5, 5.41) is 7.81. The maximum Gasteiger partial charge on any atom is 0.191 e. The zero-order valence-electron chi connectivity index (χ0n) is 13.4. The van der Waals surface area contributed by atoms with E-state index in [4.69, 9.17) is 0 Å². The minimum atomic E-state index is 0.828. The molecule has 0 aromatic carbocycles.